The zero-order chi connectivity index (χ0) is 16.4. The molecule has 2 heterocycles. The normalized spacial score (nSPS) is 14.3. The van der Waals surface area contributed by atoms with Gasteiger partial charge in [0.1, 0.15) is 5.70 Å². The predicted molar refractivity (Wildman–Crippen MR) is 84.1 cm³/mol. The number of hydrogen-bond acceptors (Lipinski definition) is 5. The van der Waals surface area contributed by atoms with Crippen molar-refractivity contribution in [1.82, 2.24) is 14.7 Å². The van der Waals surface area contributed by atoms with Gasteiger partial charge in [0.05, 0.1) is 30.1 Å². The second kappa shape index (κ2) is 6.23. The fourth-order valence-corrected chi connectivity index (χ4v) is 2.34. The first-order valence-electron chi connectivity index (χ1n) is 6.84. The Morgan fingerprint density at radius 1 is 1.22 bits per heavy atom. The van der Waals surface area contributed by atoms with Gasteiger partial charge in [-0.2, -0.15) is 5.10 Å². The van der Waals surface area contributed by atoms with Crippen LogP contribution in [0, 0.1) is 0 Å². The van der Waals surface area contributed by atoms with Crippen molar-refractivity contribution in [1.29, 1.82) is 0 Å². The second-order valence-corrected chi connectivity index (χ2v) is 5.29. The van der Waals surface area contributed by atoms with Gasteiger partial charge in [-0.1, -0.05) is 11.6 Å². The van der Waals surface area contributed by atoms with E-state index in [9.17, 15) is 9.59 Å². The van der Waals surface area contributed by atoms with Gasteiger partial charge in [-0.15, -0.1) is 0 Å². The van der Waals surface area contributed by atoms with Crippen LogP contribution in [0.15, 0.2) is 48.4 Å². The number of rotatable bonds is 5. The average Bonchev–Trinajstić information content (AvgIpc) is 3.08. The van der Waals surface area contributed by atoms with Crippen LogP contribution in [0.5, 0.6) is 0 Å². The van der Waals surface area contributed by atoms with Crippen molar-refractivity contribution < 1.29 is 14.7 Å². The zero-order valence-electron chi connectivity index (χ0n) is 11.9. The molecule has 1 aromatic carbocycles. The number of imide groups is 1. The van der Waals surface area contributed by atoms with E-state index in [-0.39, 0.29) is 18.8 Å². The van der Waals surface area contributed by atoms with E-state index in [0.717, 1.165) is 10.6 Å². The molecule has 1 aromatic heterocycles. The molecule has 0 atom stereocenters. The largest absolute Gasteiger partial charge is 0.395 e. The number of benzene rings is 1. The predicted octanol–water partition coefficient (Wildman–Crippen LogP) is 1.18. The van der Waals surface area contributed by atoms with Gasteiger partial charge < -0.3 is 10.4 Å². The highest BCUT2D eigenvalue weighted by Crippen LogP contribution is 2.19. The summed E-state index contributed by atoms with van der Waals surface area (Å²) in [6, 6.07) is 7.13. The van der Waals surface area contributed by atoms with Crippen molar-refractivity contribution in [3.05, 3.63) is 53.5 Å². The van der Waals surface area contributed by atoms with Crippen molar-refractivity contribution in [2.75, 3.05) is 18.5 Å². The number of aliphatic hydroxyl groups excluding tert-OH is 1. The molecule has 7 nitrogen and oxygen atoms in total. The summed E-state index contributed by atoms with van der Waals surface area (Å²) in [4.78, 5) is 24.7. The van der Waals surface area contributed by atoms with Gasteiger partial charge in [0.2, 0.25) is 0 Å². The van der Waals surface area contributed by atoms with Crippen molar-refractivity contribution in [3.8, 4) is 5.69 Å². The Morgan fingerprint density at radius 3 is 2.57 bits per heavy atom. The number of carbonyl (C=O) groups excluding carboxylic acids is 2. The summed E-state index contributed by atoms with van der Waals surface area (Å²) >= 11 is 5.83. The molecule has 0 bridgehead atoms. The minimum absolute atomic E-state index is 0.0155. The number of carbonyl (C=O) groups is 2. The molecule has 2 amide bonds. The molecule has 1 aliphatic heterocycles. The standard InChI is InChI=1S/C15H13ClN4O3/c16-10-8-17-20(9-10)12-3-1-11(2-4-12)18-13-7-14(22)19(5-6-21)15(13)23/h1-4,7-9,18,21H,5-6H2. The maximum Gasteiger partial charge on any atom is 0.277 e. The molecule has 8 heteroatoms. The zero-order valence-corrected chi connectivity index (χ0v) is 12.7. The molecule has 2 N–H and O–H groups in total. The van der Waals surface area contributed by atoms with Crippen molar-refractivity contribution in [2.24, 2.45) is 0 Å². The van der Waals surface area contributed by atoms with E-state index in [4.69, 9.17) is 16.7 Å². The summed E-state index contributed by atoms with van der Waals surface area (Å²) in [6.07, 6.45) is 4.44. The van der Waals surface area contributed by atoms with Crippen LogP contribution >= 0.6 is 11.6 Å². The molecule has 0 saturated carbocycles. The smallest absolute Gasteiger partial charge is 0.277 e. The van der Waals surface area contributed by atoms with E-state index in [1.54, 1.807) is 35.1 Å². The SMILES string of the molecule is O=C1C=C(Nc2ccc(-n3cc(Cl)cn3)cc2)C(=O)N1CCO. The van der Waals surface area contributed by atoms with E-state index < -0.39 is 11.8 Å². The highest BCUT2D eigenvalue weighted by molar-refractivity contribution is 6.30. The fourth-order valence-electron chi connectivity index (χ4n) is 2.20. The second-order valence-electron chi connectivity index (χ2n) is 4.85. The molecule has 0 unspecified atom stereocenters. The topological polar surface area (TPSA) is 87.5 Å². The first kappa shape index (κ1) is 15.3. The number of nitrogens with one attached hydrogen (secondary N) is 1. The van der Waals surface area contributed by atoms with Gasteiger partial charge in [0, 0.05) is 18.0 Å². The molecular weight excluding hydrogens is 320 g/mol. The number of halogens is 1. The first-order chi connectivity index (χ1) is 11.1. The van der Waals surface area contributed by atoms with Gasteiger partial charge >= 0.3 is 0 Å². The Balaban J connectivity index is 1.73. The summed E-state index contributed by atoms with van der Waals surface area (Å²) in [5.41, 5.74) is 1.65. The Kier molecular flexibility index (Phi) is 4.14. The molecule has 1 aliphatic rings. The van der Waals surface area contributed by atoms with Gasteiger partial charge in [0.15, 0.2) is 0 Å². The van der Waals surface area contributed by atoms with Gasteiger partial charge in [0.25, 0.3) is 11.8 Å². The van der Waals surface area contributed by atoms with Gasteiger partial charge in [-0.05, 0) is 24.3 Å². The van der Waals surface area contributed by atoms with E-state index in [1.807, 2.05) is 0 Å². The van der Waals surface area contributed by atoms with Gasteiger partial charge in [-0.3, -0.25) is 14.5 Å². The summed E-state index contributed by atoms with van der Waals surface area (Å²) in [5.74, 6) is -0.888. The fraction of sp³-hybridized carbons (Fsp3) is 0.133. The molecule has 0 radical (unpaired) electrons. The van der Waals surface area contributed by atoms with E-state index >= 15 is 0 Å². The molecule has 0 spiro atoms. The van der Waals surface area contributed by atoms with E-state index in [0.29, 0.717) is 10.7 Å². The number of amides is 2. The van der Waals surface area contributed by atoms with Crippen LogP contribution in [-0.4, -0.2) is 44.8 Å². The Hall–Kier alpha value is -2.64. The summed E-state index contributed by atoms with van der Waals surface area (Å²) in [6.45, 7) is -0.280. The molecule has 3 rings (SSSR count). The molecule has 118 valence electrons. The van der Waals surface area contributed by atoms with Crippen molar-refractivity contribution >= 4 is 29.1 Å². The van der Waals surface area contributed by atoms with Crippen molar-refractivity contribution in [2.45, 2.75) is 0 Å². The quantitative estimate of drug-likeness (QED) is 0.803. The molecule has 0 aliphatic carbocycles. The van der Waals surface area contributed by atoms with Crippen LogP contribution in [0.1, 0.15) is 0 Å². The highest BCUT2D eigenvalue weighted by Gasteiger charge is 2.30. The lowest BCUT2D eigenvalue weighted by atomic mass is 10.2. The molecule has 0 fully saturated rings. The van der Waals surface area contributed by atoms with Crippen LogP contribution in [0.3, 0.4) is 0 Å². The Morgan fingerprint density at radius 2 is 1.96 bits per heavy atom. The number of anilines is 1. The number of β-amino-alcohol motifs (C(OH)–C–C–N with tert-alkyl or cyclic N) is 1. The highest BCUT2D eigenvalue weighted by atomic mass is 35.5. The number of aliphatic hydroxyl groups is 1. The third-order valence-electron chi connectivity index (χ3n) is 3.29. The van der Waals surface area contributed by atoms with Crippen LogP contribution < -0.4 is 5.32 Å². The average molecular weight is 333 g/mol. The van der Waals surface area contributed by atoms with Gasteiger partial charge in [-0.25, -0.2) is 4.68 Å². The Bertz CT molecular complexity index is 782. The van der Waals surface area contributed by atoms with Crippen LogP contribution in [0.4, 0.5) is 5.69 Å². The minimum atomic E-state index is -0.452. The Labute approximate surface area is 136 Å². The van der Waals surface area contributed by atoms with Crippen LogP contribution in [-0.2, 0) is 9.59 Å². The molecular formula is C15H13ClN4O3. The number of hydrogen-bond donors (Lipinski definition) is 2. The summed E-state index contributed by atoms with van der Waals surface area (Å²) < 4.78 is 1.62. The molecule has 2 aromatic rings. The van der Waals surface area contributed by atoms with E-state index in [2.05, 4.69) is 10.4 Å². The van der Waals surface area contributed by atoms with Crippen molar-refractivity contribution in [3.63, 3.8) is 0 Å². The van der Waals surface area contributed by atoms with Crippen LogP contribution in [0.25, 0.3) is 5.69 Å². The molecule has 0 saturated heterocycles. The first-order valence-corrected chi connectivity index (χ1v) is 7.22. The summed E-state index contributed by atoms with van der Waals surface area (Å²) in [5, 5.41) is 16.4. The summed E-state index contributed by atoms with van der Waals surface area (Å²) in [7, 11) is 0. The third-order valence-corrected chi connectivity index (χ3v) is 3.49. The number of aromatic nitrogens is 2. The lowest BCUT2D eigenvalue weighted by molar-refractivity contribution is -0.137. The minimum Gasteiger partial charge on any atom is -0.395 e. The van der Waals surface area contributed by atoms with Crippen LogP contribution in [0.2, 0.25) is 5.02 Å². The monoisotopic (exact) mass is 332 g/mol. The maximum atomic E-state index is 12.0. The lowest BCUT2D eigenvalue weighted by Crippen LogP contribution is -2.34. The maximum absolute atomic E-state index is 12.0. The number of nitrogens with zero attached hydrogens (tertiary/aromatic N) is 3. The third kappa shape index (κ3) is 3.10. The van der Waals surface area contributed by atoms with E-state index in [1.165, 1.54) is 12.3 Å². The lowest BCUT2D eigenvalue weighted by Gasteiger charge is -2.13. The molecule has 23 heavy (non-hydrogen) atoms.